The van der Waals surface area contributed by atoms with E-state index >= 15 is 17.6 Å². The fraction of sp³-hybridized carbons (Fsp3) is 0.476. The third kappa shape index (κ3) is 14.2. The number of carbonyl (C=O) groups is 2. The number of carbonyl (C=O) groups excluding carboxylic acids is 2. The van der Waals surface area contributed by atoms with Gasteiger partial charge in [0.1, 0.15) is 46.5 Å². The standard InChI is InChI=1S/C84H90F4N8O2S5/c1-9-17-23-25-31-49(29-21-13-5)33-57-65(39-59-67(51(41-89)42-90)53-35-61(85)63(87)37-55(53)77(59)97)99-83-75-81(101-79(57)83)69-71-72(94-103-93-71)70-74(73(69)95(75)45-47(15-7)27-19-11-3)96(46-48(16-8)28-20-12-4)76-82(70)102-80-58(34-50(30-22-14-6)32-26-24-18-10-2)66(100-84(76)80)40-60-68(52(43-91)44-92)54-36-62(86)64(88)38-56(54)78(60)98/h35-40,47-50H,9-34,45-46H2,1-8H3/b59-39-,60-40-. The number of nitrogens with zero attached hydrogens (tertiary/aromatic N) is 8. The average molecular weight is 1480 g/mol. The minimum atomic E-state index is -1.19. The summed E-state index contributed by atoms with van der Waals surface area (Å²) in [5.74, 6) is -4.73. The summed E-state index contributed by atoms with van der Waals surface area (Å²) >= 11 is 7.97. The molecule has 2 aliphatic carbocycles. The van der Waals surface area contributed by atoms with Gasteiger partial charge < -0.3 is 9.13 Å². The molecule has 19 heteroatoms. The summed E-state index contributed by atoms with van der Waals surface area (Å²) in [4.78, 5) is 31.4. The van der Waals surface area contributed by atoms with E-state index in [9.17, 15) is 30.6 Å². The van der Waals surface area contributed by atoms with Crippen LogP contribution in [0.4, 0.5) is 17.6 Å². The van der Waals surface area contributed by atoms with E-state index in [0.29, 0.717) is 37.8 Å². The van der Waals surface area contributed by atoms with Crippen LogP contribution in [-0.2, 0) is 25.9 Å². The largest absolute Gasteiger partial charge is 0.337 e. The number of benzene rings is 3. The van der Waals surface area contributed by atoms with E-state index in [-0.39, 0.29) is 67.5 Å². The summed E-state index contributed by atoms with van der Waals surface area (Å²) in [6.45, 7) is 19.3. The van der Waals surface area contributed by atoms with Crippen molar-refractivity contribution in [2.24, 2.45) is 23.7 Å². The molecule has 0 radical (unpaired) electrons. The minimum Gasteiger partial charge on any atom is -0.337 e. The maximum Gasteiger partial charge on any atom is 0.194 e. The predicted octanol–water partition coefficient (Wildman–Crippen LogP) is 26.2. The third-order valence-electron chi connectivity index (χ3n) is 21.9. The van der Waals surface area contributed by atoms with Crippen LogP contribution in [0.5, 0.6) is 0 Å². The van der Waals surface area contributed by atoms with Gasteiger partial charge in [0.05, 0.1) is 62.0 Å². The van der Waals surface area contributed by atoms with E-state index in [2.05, 4.69) is 64.5 Å². The zero-order valence-electron chi connectivity index (χ0n) is 60.5. The van der Waals surface area contributed by atoms with Gasteiger partial charge in [0, 0.05) is 67.0 Å². The zero-order valence-corrected chi connectivity index (χ0v) is 64.6. The number of ketones is 2. The van der Waals surface area contributed by atoms with E-state index in [1.165, 1.54) is 11.7 Å². The number of thiophene rings is 4. The molecule has 536 valence electrons. The molecule has 2 aliphatic rings. The molecule has 0 spiro atoms. The highest BCUT2D eigenvalue weighted by atomic mass is 32.1. The SMILES string of the molecule is CCCCCCC(CCCC)Cc1c(/C=C2\C(=O)c3cc(F)c(F)cc3C2=C(C#N)C#N)sc2c1sc1c3c4nsnc4c4c5sc6c(CC(CCCC)CCCCCC)c(/C=C7\C(=O)c8cc(F)c(F)cc8C7=C(C#N)C#N)sc6c5n(CC(CC)CCCC)c4c3n(CC(CC)CCCC)c21. The average Bonchev–Trinajstić information content (AvgIpc) is 1.50. The Balaban J connectivity index is 1.21. The Morgan fingerprint density at radius 2 is 0.767 bits per heavy atom. The van der Waals surface area contributed by atoms with Crippen LogP contribution in [0.3, 0.4) is 0 Å². The number of halogens is 4. The Labute approximate surface area is 622 Å². The van der Waals surface area contributed by atoms with Crippen molar-refractivity contribution in [1.29, 1.82) is 21.0 Å². The highest BCUT2D eigenvalue weighted by molar-refractivity contribution is 7.34. The maximum absolute atomic E-state index is 15.3. The van der Waals surface area contributed by atoms with Crippen LogP contribution in [0, 0.1) is 92.3 Å². The number of hydrogen-bond donors (Lipinski definition) is 0. The molecule has 0 bridgehead atoms. The highest BCUT2D eigenvalue weighted by Gasteiger charge is 2.39. The Morgan fingerprint density at radius 3 is 1.11 bits per heavy atom. The van der Waals surface area contributed by atoms with Crippen molar-refractivity contribution < 1.29 is 27.2 Å². The molecule has 7 heterocycles. The first-order valence-corrected chi connectivity index (χ1v) is 41.8. The Hall–Kier alpha value is -7.62. The molecule has 0 amide bonds. The second-order valence-electron chi connectivity index (χ2n) is 28.7. The minimum absolute atomic E-state index is 0.00896. The number of fused-ring (bicyclic) bond motifs is 16. The highest BCUT2D eigenvalue weighted by Crippen LogP contribution is 2.57. The van der Waals surface area contributed by atoms with Crippen LogP contribution >= 0.6 is 57.1 Å². The Kier molecular flexibility index (Phi) is 24.2. The zero-order chi connectivity index (χ0) is 72.9. The second-order valence-corrected chi connectivity index (χ2v) is 33.4. The molecule has 4 atom stereocenters. The molecule has 10 nitrogen and oxygen atoms in total. The summed E-state index contributed by atoms with van der Waals surface area (Å²) in [7, 11) is 0. The monoisotopic (exact) mass is 1480 g/mol. The van der Waals surface area contributed by atoms with Crippen molar-refractivity contribution in [2.75, 3.05) is 0 Å². The summed E-state index contributed by atoms with van der Waals surface area (Å²) in [5.41, 5.74) is 7.47. The lowest BCUT2D eigenvalue weighted by Crippen LogP contribution is -2.13. The lowest BCUT2D eigenvalue weighted by atomic mass is 9.89. The maximum atomic E-state index is 15.3. The molecule has 0 saturated heterocycles. The van der Waals surface area contributed by atoms with Crippen LogP contribution < -0.4 is 0 Å². The van der Waals surface area contributed by atoms with Crippen LogP contribution in [0.15, 0.2) is 46.6 Å². The van der Waals surface area contributed by atoms with Crippen molar-refractivity contribution in [1.82, 2.24) is 17.9 Å². The van der Waals surface area contributed by atoms with E-state index in [0.717, 1.165) is 271 Å². The number of nitriles is 4. The van der Waals surface area contributed by atoms with Crippen LogP contribution in [-0.4, -0.2) is 29.4 Å². The molecular formula is C84H90F4N8O2S5. The van der Waals surface area contributed by atoms with Crippen LogP contribution in [0.25, 0.3) is 95.4 Å². The fourth-order valence-electron chi connectivity index (χ4n) is 16.3. The van der Waals surface area contributed by atoms with Gasteiger partial charge in [0.2, 0.25) is 0 Å². The van der Waals surface area contributed by atoms with Crippen molar-refractivity contribution in [3.8, 4) is 24.3 Å². The molecule has 0 aliphatic heterocycles. The molecule has 0 saturated carbocycles. The first-order chi connectivity index (χ1) is 50.1. The Bertz CT molecular complexity index is 4910. The van der Waals surface area contributed by atoms with E-state index in [1.54, 1.807) is 45.3 Å². The number of rotatable bonds is 34. The number of allylic oxidation sites excluding steroid dienone is 6. The first kappa shape index (κ1) is 75.1. The molecule has 0 N–H and O–H groups in total. The molecule has 10 aromatic rings. The molecular weight excluding hydrogens is 1390 g/mol. The quantitative estimate of drug-likeness (QED) is 0.0166. The molecule has 4 unspecified atom stereocenters. The van der Waals surface area contributed by atoms with Gasteiger partial charge in [-0.3, -0.25) is 9.59 Å². The van der Waals surface area contributed by atoms with Gasteiger partial charge in [0.15, 0.2) is 34.8 Å². The van der Waals surface area contributed by atoms with Crippen LogP contribution in [0.1, 0.15) is 262 Å². The van der Waals surface area contributed by atoms with Gasteiger partial charge in [-0.1, -0.05) is 197 Å². The summed E-state index contributed by atoms with van der Waals surface area (Å²) in [5, 5.41) is 44.2. The Morgan fingerprint density at radius 1 is 0.427 bits per heavy atom. The number of hydrogen-bond acceptors (Lipinski definition) is 13. The second kappa shape index (κ2) is 33.2. The number of unbranched alkanes of at least 4 members (excludes halogenated alkanes) is 10. The molecule has 12 rings (SSSR count). The summed E-state index contributed by atoms with van der Waals surface area (Å²) in [6.07, 6.45) is 30.2. The van der Waals surface area contributed by atoms with Crippen molar-refractivity contribution >= 4 is 164 Å². The van der Waals surface area contributed by atoms with Crippen molar-refractivity contribution in [3.05, 3.63) is 113 Å². The van der Waals surface area contributed by atoms with Crippen molar-refractivity contribution in [2.45, 2.75) is 235 Å². The summed E-state index contributed by atoms with van der Waals surface area (Å²) < 4.78 is 83.6. The topological polar surface area (TPSA) is 165 Å². The smallest absolute Gasteiger partial charge is 0.194 e. The van der Waals surface area contributed by atoms with Crippen molar-refractivity contribution in [3.63, 3.8) is 0 Å². The third-order valence-corrected chi connectivity index (χ3v) is 27.6. The summed E-state index contributed by atoms with van der Waals surface area (Å²) in [6, 6.07) is 11.6. The van der Waals surface area contributed by atoms with E-state index in [1.807, 2.05) is 36.4 Å². The number of Topliss-reactive ketones (excluding diaryl/α,β-unsaturated/α-hetero) is 2. The lowest BCUT2D eigenvalue weighted by Gasteiger charge is -2.20. The molecule has 3 aromatic carbocycles. The molecule has 7 aromatic heterocycles. The lowest BCUT2D eigenvalue weighted by molar-refractivity contribution is 0.103. The number of aromatic nitrogens is 4. The van der Waals surface area contributed by atoms with Gasteiger partial charge in [-0.05, 0) is 108 Å². The van der Waals surface area contributed by atoms with E-state index in [4.69, 9.17) is 8.75 Å². The molecule has 0 fully saturated rings. The van der Waals surface area contributed by atoms with Crippen LogP contribution in [0.2, 0.25) is 0 Å². The first-order valence-electron chi connectivity index (χ1n) is 37.8. The van der Waals surface area contributed by atoms with Gasteiger partial charge in [-0.2, -0.15) is 29.8 Å². The molecule has 103 heavy (non-hydrogen) atoms. The van der Waals surface area contributed by atoms with Gasteiger partial charge >= 0.3 is 0 Å². The van der Waals surface area contributed by atoms with Gasteiger partial charge in [-0.25, -0.2) is 17.6 Å². The fourth-order valence-corrected chi connectivity index (χ4v) is 22.7. The predicted molar refractivity (Wildman–Crippen MR) is 421 cm³/mol. The van der Waals surface area contributed by atoms with Gasteiger partial charge in [-0.15, -0.1) is 45.3 Å². The van der Waals surface area contributed by atoms with Gasteiger partial charge in [0.25, 0.3) is 0 Å². The normalized spacial score (nSPS) is 15.1. The van der Waals surface area contributed by atoms with E-state index < -0.39 is 34.8 Å².